The van der Waals surface area contributed by atoms with Gasteiger partial charge in [0.25, 0.3) is 0 Å². The van der Waals surface area contributed by atoms with Crippen molar-refractivity contribution < 1.29 is 31.5 Å². The first-order valence-electron chi connectivity index (χ1n) is 5.55. The summed E-state index contributed by atoms with van der Waals surface area (Å²) in [5.41, 5.74) is -1.11. The van der Waals surface area contributed by atoms with Gasteiger partial charge < -0.3 is 4.74 Å². The Labute approximate surface area is 134 Å². The highest BCUT2D eigenvalue weighted by molar-refractivity contribution is 9.10. The van der Waals surface area contributed by atoms with Crippen molar-refractivity contribution in [3.8, 4) is 5.75 Å². The molecule has 0 heterocycles. The van der Waals surface area contributed by atoms with E-state index >= 15 is 0 Å². The van der Waals surface area contributed by atoms with Crippen LogP contribution in [0.1, 0.15) is 0 Å². The third kappa shape index (κ3) is 3.09. The fourth-order valence-corrected chi connectivity index (χ4v) is 2.18. The molecule has 0 amide bonds. The lowest BCUT2D eigenvalue weighted by Gasteiger charge is -2.15. The minimum atomic E-state index is -1.77. The fourth-order valence-electron chi connectivity index (χ4n) is 1.57. The zero-order valence-electron chi connectivity index (χ0n) is 10.3. The maximum Gasteiger partial charge on any atom is 0.349 e. The van der Waals surface area contributed by atoms with Gasteiger partial charge in [-0.15, -0.1) is 0 Å². The first-order chi connectivity index (χ1) is 10.2. The lowest BCUT2D eigenvalue weighted by atomic mass is 10.0. The van der Waals surface area contributed by atoms with E-state index in [1.807, 2.05) is 0 Å². The van der Waals surface area contributed by atoms with Gasteiger partial charge in [0.2, 0.25) is 0 Å². The van der Waals surface area contributed by atoms with Crippen LogP contribution in [0.4, 0.5) is 22.0 Å². The summed E-state index contributed by atoms with van der Waals surface area (Å²) in [5.74, 6) is -9.89. The minimum absolute atomic E-state index is 0.366. The average Bonchev–Trinajstić information content (AvgIpc) is 2.42. The lowest BCUT2D eigenvalue weighted by molar-refractivity contribution is -0.130. The Morgan fingerprint density at radius 2 is 1.68 bits per heavy atom. The summed E-state index contributed by atoms with van der Waals surface area (Å²) in [7, 11) is 0. The van der Waals surface area contributed by atoms with Crippen molar-refractivity contribution in [2.45, 2.75) is 4.83 Å². The zero-order valence-corrected chi connectivity index (χ0v) is 12.7. The summed E-state index contributed by atoms with van der Waals surface area (Å²) in [6.45, 7) is 0. The van der Waals surface area contributed by atoms with E-state index in [4.69, 9.17) is 0 Å². The minimum Gasteiger partial charge on any atom is -0.423 e. The van der Waals surface area contributed by atoms with Crippen molar-refractivity contribution >= 4 is 39.0 Å². The Hall–Kier alpha value is -1.61. The molecule has 1 aliphatic rings. The molecular weight excluding hydrogens is 395 g/mol. The Bertz CT molecular complexity index is 721. The van der Waals surface area contributed by atoms with E-state index in [-0.39, 0.29) is 4.86 Å². The second-order valence-electron chi connectivity index (χ2n) is 4.06. The zero-order chi connectivity index (χ0) is 16.6. The van der Waals surface area contributed by atoms with Gasteiger partial charge in [-0.25, -0.2) is 26.7 Å². The summed E-state index contributed by atoms with van der Waals surface area (Å²) in [6.07, 6.45) is 0.827. The van der Waals surface area contributed by atoms with Gasteiger partial charge in [0.05, 0.1) is 9.69 Å². The quantitative estimate of drug-likeness (QED) is 0.186. The highest BCUT2D eigenvalue weighted by Gasteiger charge is 2.32. The molecule has 0 saturated heterocycles. The monoisotopic (exact) mass is 398 g/mol. The first-order valence-corrected chi connectivity index (χ1v) is 6.87. The Kier molecular flexibility index (Phi) is 4.76. The highest BCUT2D eigenvalue weighted by atomic mass is 79.9. The molecule has 0 saturated carbocycles. The number of ether oxygens (including phenoxy) is 1. The van der Waals surface area contributed by atoms with E-state index in [9.17, 15) is 26.7 Å². The second-order valence-corrected chi connectivity index (χ2v) is 5.49. The van der Waals surface area contributed by atoms with Gasteiger partial charge in [0.15, 0.2) is 23.3 Å². The van der Waals surface area contributed by atoms with Crippen LogP contribution in [0, 0.1) is 17.5 Å². The van der Waals surface area contributed by atoms with Crippen LogP contribution in [0.5, 0.6) is 5.75 Å². The largest absolute Gasteiger partial charge is 0.423 e. The smallest absolute Gasteiger partial charge is 0.349 e. The van der Waals surface area contributed by atoms with E-state index in [1.165, 1.54) is 0 Å². The Morgan fingerprint density at radius 1 is 1.14 bits per heavy atom. The number of hydrogen-bond acceptors (Lipinski definition) is 3. The molecule has 0 N–H and O–H groups in total. The highest BCUT2D eigenvalue weighted by Crippen LogP contribution is 2.31. The van der Waals surface area contributed by atoms with Gasteiger partial charge >= 0.3 is 5.97 Å². The molecule has 2 nitrogen and oxygen atoms in total. The van der Waals surface area contributed by atoms with Gasteiger partial charge in [-0.3, -0.25) is 0 Å². The number of esters is 1. The number of benzene rings is 1. The van der Waals surface area contributed by atoms with Gasteiger partial charge in [0, 0.05) is 12.1 Å². The number of halogens is 6. The topological polar surface area (TPSA) is 26.3 Å². The van der Waals surface area contributed by atoms with Crippen molar-refractivity contribution in [1.82, 2.24) is 0 Å². The van der Waals surface area contributed by atoms with E-state index in [0.717, 1.165) is 6.08 Å². The molecule has 1 aromatic carbocycles. The van der Waals surface area contributed by atoms with Crippen LogP contribution in [0.3, 0.4) is 0 Å². The van der Waals surface area contributed by atoms with E-state index < -0.39 is 51.2 Å². The predicted octanol–water partition coefficient (Wildman–Crippen LogP) is 4.23. The van der Waals surface area contributed by atoms with Crippen LogP contribution in [-0.4, -0.2) is 15.7 Å². The number of carbonyl (C=O) groups is 1. The first kappa shape index (κ1) is 16.8. The Balaban J connectivity index is 2.34. The number of carbonyl (C=O) groups excluding carboxylic acids is 1. The molecule has 0 spiro atoms. The molecular formula is C13H4BrF5O2S. The molecule has 1 aliphatic carbocycles. The average molecular weight is 399 g/mol. The molecule has 0 bridgehead atoms. The number of rotatable bonds is 2. The SMILES string of the molecule is O=C(Oc1cc(F)c(F)c(F)c1)C1=C(F)C(=S)C(Br)C=C1F. The number of alkyl halides is 1. The van der Waals surface area contributed by atoms with E-state index in [1.54, 1.807) is 0 Å². The molecule has 116 valence electrons. The summed E-state index contributed by atoms with van der Waals surface area (Å²) in [6, 6.07) is 0.732. The lowest BCUT2D eigenvalue weighted by Crippen LogP contribution is -2.23. The van der Waals surface area contributed by atoms with Gasteiger partial charge in [-0.2, -0.15) is 0 Å². The summed E-state index contributed by atoms with van der Waals surface area (Å²) >= 11 is 7.54. The molecule has 0 radical (unpaired) electrons. The molecule has 1 atom stereocenters. The van der Waals surface area contributed by atoms with Crippen LogP contribution < -0.4 is 4.74 Å². The molecule has 2 rings (SSSR count). The predicted molar refractivity (Wildman–Crippen MR) is 74.6 cm³/mol. The molecule has 9 heteroatoms. The molecule has 22 heavy (non-hydrogen) atoms. The third-order valence-corrected chi connectivity index (χ3v) is 4.05. The van der Waals surface area contributed by atoms with Crippen LogP contribution in [-0.2, 0) is 4.79 Å². The van der Waals surface area contributed by atoms with Gasteiger partial charge in [-0.1, -0.05) is 28.1 Å². The van der Waals surface area contributed by atoms with Crippen LogP contribution >= 0.6 is 28.1 Å². The molecule has 1 aromatic rings. The number of allylic oxidation sites excluding steroid dienone is 2. The van der Waals surface area contributed by atoms with Crippen LogP contribution in [0.25, 0.3) is 0 Å². The summed E-state index contributed by atoms with van der Waals surface area (Å²) in [4.78, 5) is 10.4. The second kappa shape index (κ2) is 6.25. The molecule has 1 unspecified atom stereocenters. The van der Waals surface area contributed by atoms with Crippen LogP contribution in [0.15, 0.2) is 35.4 Å². The normalized spacial score (nSPS) is 18.4. The van der Waals surface area contributed by atoms with E-state index in [0.29, 0.717) is 12.1 Å². The standard InChI is InChI=1S/C13H4BrF5O2S/c14-5-3-6(15)9(11(19)12(5)22)13(20)21-4-1-7(16)10(18)8(17)2-4/h1-3,5H. The summed E-state index contributed by atoms with van der Waals surface area (Å²) in [5, 5.41) is 0. The van der Waals surface area contributed by atoms with Crippen molar-refractivity contribution in [2.75, 3.05) is 0 Å². The third-order valence-electron chi connectivity index (χ3n) is 2.59. The Morgan fingerprint density at radius 3 is 2.23 bits per heavy atom. The fraction of sp³-hybridized carbons (Fsp3) is 0.0769. The van der Waals surface area contributed by atoms with Crippen molar-refractivity contribution in [3.05, 3.63) is 52.9 Å². The van der Waals surface area contributed by atoms with E-state index in [2.05, 4.69) is 32.9 Å². The molecule has 0 fully saturated rings. The number of thiocarbonyl (C=S) groups is 1. The van der Waals surface area contributed by atoms with Gasteiger partial charge in [-0.05, 0) is 6.08 Å². The van der Waals surface area contributed by atoms with Crippen LogP contribution in [0.2, 0.25) is 0 Å². The van der Waals surface area contributed by atoms with Crippen molar-refractivity contribution in [3.63, 3.8) is 0 Å². The molecule has 0 aliphatic heterocycles. The maximum absolute atomic E-state index is 13.8. The summed E-state index contributed by atoms with van der Waals surface area (Å²) < 4.78 is 70.7. The van der Waals surface area contributed by atoms with Crippen molar-refractivity contribution in [1.29, 1.82) is 0 Å². The maximum atomic E-state index is 13.8. The van der Waals surface area contributed by atoms with Gasteiger partial charge in [0.1, 0.15) is 17.1 Å². The van der Waals surface area contributed by atoms with Crippen molar-refractivity contribution in [2.24, 2.45) is 0 Å². The molecule has 0 aromatic heterocycles. The number of hydrogen-bond donors (Lipinski definition) is 0.